The van der Waals surface area contributed by atoms with E-state index in [2.05, 4.69) is 4.98 Å². The van der Waals surface area contributed by atoms with Gasteiger partial charge in [-0.3, -0.25) is 24.0 Å². The number of H-pyrrole nitrogens is 1. The van der Waals surface area contributed by atoms with E-state index in [1.165, 1.54) is 6.92 Å². The van der Waals surface area contributed by atoms with Gasteiger partial charge in [-0.1, -0.05) is 12.1 Å². The van der Waals surface area contributed by atoms with Crippen LogP contribution in [0.5, 0.6) is 5.75 Å². The number of fused-ring (bicyclic) bond motifs is 1. The Balaban J connectivity index is 1.73. The fourth-order valence-corrected chi connectivity index (χ4v) is 5.07. The number of aromatic amines is 1. The summed E-state index contributed by atoms with van der Waals surface area (Å²) >= 11 is 0. The molecular weight excluding hydrogens is 562 g/mol. The van der Waals surface area contributed by atoms with Crippen molar-refractivity contribution in [3.8, 4) is 16.9 Å². The molecule has 4 rings (SSSR count). The van der Waals surface area contributed by atoms with Gasteiger partial charge in [0.1, 0.15) is 18.5 Å². The first-order valence-corrected chi connectivity index (χ1v) is 13.5. The summed E-state index contributed by atoms with van der Waals surface area (Å²) in [6.07, 6.45) is -4.89. The van der Waals surface area contributed by atoms with Crippen molar-refractivity contribution in [1.82, 2.24) is 4.98 Å². The van der Waals surface area contributed by atoms with Gasteiger partial charge in [-0.15, -0.1) is 0 Å². The summed E-state index contributed by atoms with van der Waals surface area (Å²) in [6, 6.07) is 11.1. The normalized spacial score (nSPS) is 21.5. The number of rotatable bonds is 8. The minimum atomic E-state index is -1.36. The predicted octanol–water partition coefficient (Wildman–Crippen LogP) is 3.27. The standard InChI is InChI=1S/C31H33NO11/c1-15-11-23(22-8-7-21-9-10-32-30(37)24(21)13-22)12-16(2)26(15)43-31-29(41-20(6)36)28(40-19(5)35)27(39-18(4)34)25(42-31)14-38-17(3)33/h7-13,25,27-29,31H,14H2,1-6H3,(H,32,37). The summed E-state index contributed by atoms with van der Waals surface area (Å²) < 4.78 is 33.9. The van der Waals surface area contributed by atoms with E-state index >= 15 is 0 Å². The number of esters is 4. The van der Waals surface area contributed by atoms with Gasteiger partial charge in [0.15, 0.2) is 12.2 Å². The van der Waals surface area contributed by atoms with E-state index in [0.29, 0.717) is 22.3 Å². The summed E-state index contributed by atoms with van der Waals surface area (Å²) in [5.74, 6) is -2.42. The molecule has 0 aliphatic carbocycles. The quantitative estimate of drug-likeness (QED) is 0.301. The lowest BCUT2D eigenvalue weighted by molar-refractivity contribution is -0.288. The number of carbonyl (C=O) groups is 4. The average Bonchev–Trinajstić information content (AvgIpc) is 2.91. The monoisotopic (exact) mass is 595 g/mol. The Hall–Kier alpha value is -4.71. The third-order valence-electron chi connectivity index (χ3n) is 6.75. The Kier molecular flexibility index (Phi) is 9.50. The number of pyridine rings is 1. The molecular formula is C31H33NO11. The van der Waals surface area contributed by atoms with Crippen molar-refractivity contribution in [3.05, 3.63) is 64.1 Å². The second kappa shape index (κ2) is 13.1. The third kappa shape index (κ3) is 7.39. The van der Waals surface area contributed by atoms with Gasteiger partial charge >= 0.3 is 23.9 Å². The highest BCUT2D eigenvalue weighted by atomic mass is 16.7. The average molecular weight is 596 g/mol. The van der Waals surface area contributed by atoms with Crippen molar-refractivity contribution in [3.63, 3.8) is 0 Å². The summed E-state index contributed by atoms with van der Waals surface area (Å²) in [6.45, 7) is 7.91. The molecule has 12 heteroatoms. The zero-order chi connectivity index (χ0) is 31.4. The molecule has 12 nitrogen and oxygen atoms in total. The Morgan fingerprint density at radius 1 is 0.767 bits per heavy atom. The van der Waals surface area contributed by atoms with E-state index in [-0.39, 0.29) is 12.2 Å². The molecule has 1 aliphatic heterocycles. The third-order valence-corrected chi connectivity index (χ3v) is 6.75. The van der Waals surface area contributed by atoms with Crippen molar-refractivity contribution in [2.45, 2.75) is 72.2 Å². The highest BCUT2D eigenvalue weighted by molar-refractivity contribution is 5.86. The van der Waals surface area contributed by atoms with Crippen LogP contribution in [-0.4, -0.2) is 66.2 Å². The highest BCUT2D eigenvalue weighted by Crippen LogP contribution is 2.35. The number of aromatic nitrogens is 1. The highest BCUT2D eigenvalue weighted by Gasteiger charge is 2.53. The SMILES string of the molecule is CC(=O)OCC1OC(Oc2c(C)cc(-c3ccc4cc[nH]c(=O)c4c3)cc2C)C(OC(C)=O)C(OC(C)=O)C1OC(C)=O. The van der Waals surface area contributed by atoms with Crippen LogP contribution in [0.2, 0.25) is 0 Å². The van der Waals surface area contributed by atoms with Crippen LogP contribution in [0.3, 0.4) is 0 Å². The van der Waals surface area contributed by atoms with Crippen molar-refractivity contribution >= 4 is 34.6 Å². The van der Waals surface area contributed by atoms with Crippen LogP contribution in [0.25, 0.3) is 21.9 Å². The summed E-state index contributed by atoms with van der Waals surface area (Å²) in [4.78, 5) is 62.9. The Bertz CT molecular complexity index is 1590. The second-order valence-electron chi connectivity index (χ2n) is 10.2. The van der Waals surface area contributed by atoms with Crippen LogP contribution in [0, 0.1) is 13.8 Å². The minimum absolute atomic E-state index is 0.198. The molecule has 5 unspecified atom stereocenters. The molecule has 2 heterocycles. The molecule has 0 spiro atoms. The number of hydrogen-bond donors (Lipinski definition) is 1. The fraction of sp³-hybridized carbons (Fsp3) is 0.387. The second-order valence-corrected chi connectivity index (χ2v) is 10.2. The molecule has 0 amide bonds. The van der Waals surface area contributed by atoms with E-state index in [1.54, 1.807) is 6.20 Å². The Morgan fingerprint density at radius 2 is 1.37 bits per heavy atom. The van der Waals surface area contributed by atoms with Crippen LogP contribution >= 0.6 is 0 Å². The topological polar surface area (TPSA) is 157 Å². The van der Waals surface area contributed by atoms with Gasteiger partial charge in [-0.05, 0) is 65.8 Å². The maximum Gasteiger partial charge on any atom is 0.303 e. The van der Waals surface area contributed by atoms with Gasteiger partial charge in [0.25, 0.3) is 5.56 Å². The van der Waals surface area contributed by atoms with E-state index in [9.17, 15) is 24.0 Å². The van der Waals surface area contributed by atoms with Gasteiger partial charge in [0.2, 0.25) is 12.4 Å². The van der Waals surface area contributed by atoms with E-state index < -0.39 is 54.6 Å². The van der Waals surface area contributed by atoms with E-state index in [0.717, 1.165) is 37.3 Å². The smallest absolute Gasteiger partial charge is 0.303 e. The zero-order valence-electron chi connectivity index (χ0n) is 24.6. The van der Waals surface area contributed by atoms with Crippen LogP contribution in [0.15, 0.2) is 47.4 Å². The lowest BCUT2D eigenvalue weighted by atomic mass is 9.97. The maximum atomic E-state index is 12.4. The first kappa shape index (κ1) is 31.2. The van der Waals surface area contributed by atoms with Crippen LogP contribution in [0.1, 0.15) is 38.8 Å². The first-order valence-electron chi connectivity index (χ1n) is 13.5. The van der Waals surface area contributed by atoms with Crippen molar-refractivity contribution in [1.29, 1.82) is 0 Å². The molecule has 0 bridgehead atoms. The largest absolute Gasteiger partial charge is 0.463 e. The van der Waals surface area contributed by atoms with Gasteiger partial charge in [-0.2, -0.15) is 0 Å². The zero-order valence-corrected chi connectivity index (χ0v) is 24.6. The predicted molar refractivity (Wildman–Crippen MR) is 152 cm³/mol. The van der Waals surface area contributed by atoms with Crippen LogP contribution in [-0.2, 0) is 42.9 Å². The molecule has 1 aromatic heterocycles. The summed E-state index contributed by atoms with van der Waals surface area (Å²) in [5, 5.41) is 1.36. The van der Waals surface area contributed by atoms with E-state index in [4.69, 9.17) is 28.4 Å². The number of benzene rings is 2. The van der Waals surface area contributed by atoms with Gasteiger partial charge in [0.05, 0.1) is 0 Å². The molecule has 0 radical (unpaired) electrons. The van der Waals surface area contributed by atoms with Gasteiger partial charge < -0.3 is 33.4 Å². The first-order chi connectivity index (χ1) is 20.3. The number of carbonyl (C=O) groups excluding carboxylic acids is 4. The van der Waals surface area contributed by atoms with Crippen molar-refractivity contribution in [2.75, 3.05) is 6.61 Å². The molecule has 3 aromatic rings. The molecule has 1 N–H and O–H groups in total. The molecule has 2 aromatic carbocycles. The molecule has 1 fully saturated rings. The van der Waals surface area contributed by atoms with Gasteiger partial charge in [0, 0.05) is 39.3 Å². The van der Waals surface area contributed by atoms with Crippen molar-refractivity contribution < 1.29 is 47.6 Å². The Morgan fingerprint density at radius 3 is 1.98 bits per heavy atom. The molecule has 1 aliphatic rings. The molecule has 228 valence electrons. The lowest BCUT2D eigenvalue weighted by Gasteiger charge is -2.44. The molecule has 0 saturated carbocycles. The maximum absolute atomic E-state index is 12.4. The fourth-order valence-electron chi connectivity index (χ4n) is 5.07. The van der Waals surface area contributed by atoms with Crippen LogP contribution in [0.4, 0.5) is 0 Å². The molecule has 5 atom stereocenters. The summed E-state index contributed by atoms with van der Waals surface area (Å²) in [5.41, 5.74) is 2.81. The summed E-state index contributed by atoms with van der Waals surface area (Å²) in [7, 11) is 0. The number of hydrogen-bond acceptors (Lipinski definition) is 11. The van der Waals surface area contributed by atoms with Crippen LogP contribution < -0.4 is 10.3 Å². The molecule has 1 saturated heterocycles. The number of ether oxygens (including phenoxy) is 6. The van der Waals surface area contributed by atoms with E-state index in [1.807, 2.05) is 50.2 Å². The minimum Gasteiger partial charge on any atom is -0.463 e. The lowest BCUT2D eigenvalue weighted by Crippen LogP contribution is -2.63. The van der Waals surface area contributed by atoms with Crippen molar-refractivity contribution in [2.24, 2.45) is 0 Å². The number of aryl methyl sites for hydroxylation is 2. The number of nitrogens with one attached hydrogen (secondary N) is 1. The molecule has 43 heavy (non-hydrogen) atoms. The van der Waals surface area contributed by atoms with Gasteiger partial charge in [-0.25, -0.2) is 0 Å². The Labute approximate surface area is 247 Å².